The molecule has 150 valence electrons. The molecule has 1 aliphatic rings. The zero-order valence-electron chi connectivity index (χ0n) is 16.0. The fourth-order valence-corrected chi connectivity index (χ4v) is 4.24. The number of Topliss-reactive ketones (excluding diaryl/α,β-unsaturated/α-hetero) is 1. The smallest absolute Gasteiger partial charge is 0.258 e. The third-order valence-electron chi connectivity index (χ3n) is 5.13. The van der Waals surface area contributed by atoms with Gasteiger partial charge in [-0.2, -0.15) is 0 Å². The largest absolute Gasteiger partial charge is 0.340 e. The topological polar surface area (TPSA) is 75.0 Å². The number of hydrogen-bond acceptors (Lipinski definition) is 6. The lowest BCUT2D eigenvalue weighted by Crippen LogP contribution is -2.48. The molecule has 3 heterocycles. The highest BCUT2D eigenvalue weighted by molar-refractivity contribution is 7.15. The van der Waals surface area contributed by atoms with Crippen LogP contribution in [0.2, 0.25) is 0 Å². The van der Waals surface area contributed by atoms with Crippen LogP contribution in [0.4, 0.5) is 0 Å². The molecule has 8 heteroatoms. The molecule has 29 heavy (non-hydrogen) atoms. The number of amides is 1. The van der Waals surface area contributed by atoms with Crippen LogP contribution in [0.1, 0.15) is 28.9 Å². The lowest BCUT2D eigenvalue weighted by molar-refractivity contribution is -0.133. The molecule has 1 aromatic carbocycles. The van der Waals surface area contributed by atoms with Gasteiger partial charge >= 0.3 is 0 Å². The Labute approximate surface area is 172 Å². The van der Waals surface area contributed by atoms with E-state index in [9.17, 15) is 14.4 Å². The van der Waals surface area contributed by atoms with Crippen LogP contribution in [0, 0.1) is 0 Å². The number of carbonyl (C=O) groups is 2. The van der Waals surface area contributed by atoms with Crippen LogP contribution < -0.4 is 5.56 Å². The van der Waals surface area contributed by atoms with E-state index in [1.54, 1.807) is 28.8 Å². The monoisotopic (exact) mass is 410 g/mol. The minimum Gasteiger partial charge on any atom is -0.340 e. The van der Waals surface area contributed by atoms with Crippen molar-refractivity contribution in [3.05, 3.63) is 69.6 Å². The van der Waals surface area contributed by atoms with E-state index in [0.29, 0.717) is 30.2 Å². The van der Waals surface area contributed by atoms with Crippen molar-refractivity contribution in [1.82, 2.24) is 19.2 Å². The molecular formula is C21H22N4O3S. The van der Waals surface area contributed by atoms with Crippen LogP contribution in [0.25, 0.3) is 4.96 Å². The number of fused-ring (bicyclic) bond motifs is 1. The van der Waals surface area contributed by atoms with E-state index in [-0.39, 0.29) is 30.1 Å². The van der Waals surface area contributed by atoms with Gasteiger partial charge in [-0.3, -0.25) is 23.7 Å². The summed E-state index contributed by atoms with van der Waals surface area (Å²) in [6.45, 7) is 3.29. The van der Waals surface area contributed by atoms with E-state index in [2.05, 4.69) is 9.88 Å². The summed E-state index contributed by atoms with van der Waals surface area (Å²) >= 11 is 1.44. The molecule has 0 unspecified atom stereocenters. The molecule has 2 aromatic heterocycles. The molecule has 0 bridgehead atoms. The molecule has 7 nitrogen and oxygen atoms in total. The fraction of sp³-hybridized carbons (Fsp3) is 0.333. The number of nitrogens with zero attached hydrogens (tertiary/aromatic N) is 4. The highest BCUT2D eigenvalue weighted by Crippen LogP contribution is 2.12. The Morgan fingerprint density at radius 1 is 1.03 bits per heavy atom. The van der Waals surface area contributed by atoms with Crippen LogP contribution in [-0.2, 0) is 11.3 Å². The van der Waals surface area contributed by atoms with Gasteiger partial charge in [-0.15, -0.1) is 11.3 Å². The van der Waals surface area contributed by atoms with E-state index < -0.39 is 0 Å². The third kappa shape index (κ3) is 4.60. The molecule has 0 radical (unpaired) electrons. The standard InChI is InChI=1S/C21H22N4O3S/c26-18(16-4-2-1-3-5-16)6-7-19(27)24-10-8-23(9-11-24)15-17-14-20(28)25-12-13-29-21(25)22-17/h1-5,12-14H,6-11,15H2. The van der Waals surface area contributed by atoms with Crippen molar-refractivity contribution >= 4 is 28.0 Å². The number of carbonyl (C=O) groups excluding carboxylic acids is 2. The van der Waals surface area contributed by atoms with Crippen molar-refractivity contribution in [3.8, 4) is 0 Å². The number of thiazole rings is 1. The van der Waals surface area contributed by atoms with Gasteiger partial charge in [-0.1, -0.05) is 30.3 Å². The Morgan fingerprint density at radius 2 is 1.79 bits per heavy atom. The second-order valence-corrected chi connectivity index (χ2v) is 7.96. The van der Waals surface area contributed by atoms with Gasteiger partial charge in [0.1, 0.15) is 0 Å². The maximum absolute atomic E-state index is 12.5. The Balaban J connectivity index is 1.27. The first kappa shape index (κ1) is 19.5. The highest BCUT2D eigenvalue weighted by atomic mass is 32.1. The Kier molecular flexibility index (Phi) is 5.82. The van der Waals surface area contributed by atoms with E-state index in [1.807, 2.05) is 28.5 Å². The van der Waals surface area contributed by atoms with Gasteiger partial charge in [0.2, 0.25) is 5.91 Å². The predicted octanol–water partition coefficient (Wildman–Crippen LogP) is 2.06. The van der Waals surface area contributed by atoms with Gasteiger partial charge in [0.15, 0.2) is 10.7 Å². The predicted molar refractivity (Wildman–Crippen MR) is 111 cm³/mol. The van der Waals surface area contributed by atoms with Gasteiger partial charge in [0.25, 0.3) is 5.56 Å². The van der Waals surface area contributed by atoms with Crippen molar-refractivity contribution in [2.75, 3.05) is 26.2 Å². The molecule has 1 fully saturated rings. The summed E-state index contributed by atoms with van der Waals surface area (Å²) in [4.78, 5) is 46.0. The fourth-order valence-electron chi connectivity index (χ4n) is 3.50. The first-order valence-electron chi connectivity index (χ1n) is 9.64. The van der Waals surface area contributed by atoms with Crippen LogP contribution >= 0.6 is 11.3 Å². The number of benzene rings is 1. The van der Waals surface area contributed by atoms with E-state index in [4.69, 9.17) is 0 Å². The average molecular weight is 410 g/mol. The zero-order chi connectivity index (χ0) is 20.2. The third-order valence-corrected chi connectivity index (χ3v) is 5.89. The summed E-state index contributed by atoms with van der Waals surface area (Å²) < 4.78 is 1.54. The first-order valence-corrected chi connectivity index (χ1v) is 10.5. The Morgan fingerprint density at radius 3 is 2.55 bits per heavy atom. The average Bonchev–Trinajstić information content (AvgIpc) is 3.22. The summed E-state index contributed by atoms with van der Waals surface area (Å²) in [6, 6.07) is 10.7. The first-order chi connectivity index (χ1) is 14.1. The van der Waals surface area contributed by atoms with Gasteiger partial charge in [-0.25, -0.2) is 4.98 Å². The number of ketones is 1. The molecule has 1 amide bonds. The lowest BCUT2D eigenvalue weighted by atomic mass is 10.1. The number of piperazine rings is 1. The van der Waals surface area contributed by atoms with Crippen molar-refractivity contribution in [3.63, 3.8) is 0 Å². The summed E-state index contributed by atoms with van der Waals surface area (Å²) in [7, 11) is 0. The number of hydrogen-bond donors (Lipinski definition) is 0. The molecule has 0 spiro atoms. The van der Waals surface area contributed by atoms with E-state index in [1.165, 1.54) is 11.3 Å². The minimum absolute atomic E-state index is 0.00100. The summed E-state index contributed by atoms with van der Waals surface area (Å²) in [5.74, 6) is 0.0178. The summed E-state index contributed by atoms with van der Waals surface area (Å²) in [5.41, 5.74) is 1.34. The number of rotatable bonds is 6. The van der Waals surface area contributed by atoms with E-state index in [0.717, 1.165) is 18.8 Å². The minimum atomic E-state index is -0.0665. The normalized spacial score (nSPS) is 15.0. The van der Waals surface area contributed by atoms with Crippen molar-refractivity contribution < 1.29 is 9.59 Å². The number of aromatic nitrogens is 2. The summed E-state index contributed by atoms with van der Waals surface area (Å²) in [5, 5.41) is 1.85. The highest BCUT2D eigenvalue weighted by Gasteiger charge is 2.22. The van der Waals surface area contributed by atoms with Gasteiger partial charge in [-0.05, 0) is 0 Å². The molecule has 0 atom stereocenters. The second kappa shape index (κ2) is 8.67. The zero-order valence-corrected chi connectivity index (χ0v) is 16.8. The lowest BCUT2D eigenvalue weighted by Gasteiger charge is -2.34. The maximum Gasteiger partial charge on any atom is 0.258 e. The van der Waals surface area contributed by atoms with E-state index >= 15 is 0 Å². The van der Waals surface area contributed by atoms with Gasteiger partial charge in [0.05, 0.1) is 5.69 Å². The van der Waals surface area contributed by atoms with Crippen LogP contribution in [0.3, 0.4) is 0 Å². The van der Waals surface area contributed by atoms with Crippen LogP contribution in [-0.4, -0.2) is 57.1 Å². The molecule has 1 aliphatic heterocycles. The van der Waals surface area contributed by atoms with Crippen LogP contribution in [0.5, 0.6) is 0 Å². The van der Waals surface area contributed by atoms with Crippen LogP contribution in [0.15, 0.2) is 52.8 Å². The van der Waals surface area contributed by atoms with Crippen molar-refractivity contribution in [2.45, 2.75) is 19.4 Å². The molecule has 1 saturated heterocycles. The quantitative estimate of drug-likeness (QED) is 0.582. The molecule has 3 aromatic rings. The second-order valence-electron chi connectivity index (χ2n) is 7.09. The van der Waals surface area contributed by atoms with Crippen molar-refractivity contribution in [2.24, 2.45) is 0 Å². The SMILES string of the molecule is O=C(CCC(=O)N1CCN(Cc2cc(=O)n3ccsc3n2)CC1)c1ccccc1. The Hall–Kier alpha value is -2.84. The molecular weight excluding hydrogens is 388 g/mol. The molecule has 0 N–H and O–H groups in total. The maximum atomic E-state index is 12.5. The van der Waals surface area contributed by atoms with Gasteiger partial charge < -0.3 is 4.90 Å². The molecule has 4 rings (SSSR count). The van der Waals surface area contributed by atoms with Crippen molar-refractivity contribution in [1.29, 1.82) is 0 Å². The Bertz CT molecular complexity index is 1070. The molecule has 0 aliphatic carbocycles. The van der Waals surface area contributed by atoms with Gasteiger partial charge in [0, 0.05) is 68.8 Å². The molecule has 0 saturated carbocycles. The summed E-state index contributed by atoms with van der Waals surface area (Å²) in [6.07, 6.45) is 2.20.